The molecule has 0 saturated carbocycles. The van der Waals surface area contributed by atoms with E-state index in [9.17, 15) is 9.59 Å². The molecule has 1 aromatic carbocycles. The second-order valence-corrected chi connectivity index (χ2v) is 6.16. The molecule has 0 radical (unpaired) electrons. The number of nitrogens with zero attached hydrogens (tertiary/aromatic N) is 3. The number of pyridine rings is 1. The van der Waals surface area contributed by atoms with E-state index in [1.165, 1.54) is 9.13 Å². The van der Waals surface area contributed by atoms with Gasteiger partial charge in [-0.2, -0.15) is 0 Å². The van der Waals surface area contributed by atoms with E-state index in [2.05, 4.69) is 10.3 Å². The second kappa shape index (κ2) is 6.43. The van der Waals surface area contributed by atoms with Crippen LogP contribution in [-0.4, -0.2) is 20.0 Å². The number of rotatable bonds is 4. The maximum atomic E-state index is 12.1. The number of benzene rings is 1. The Morgan fingerprint density at radius 3 is 2.68 bits per heavy atom. The van der Waals surface area contributed by atoms with Gasteiger partial charge in [0.1, 0.15) is 11.3 Å². The van der Waals surface area contributed by atoms with Gasteiger partial charge in [0.15, 0.2) is 11.4 Å². The van der Waals surface area contributed by atoms with Gasteiger partial charge in [-0.1, -0.05) is 19.9 Å². The van der Waals surface area contributed by atoms with Gasteiger partial charge in [-0.3, -0.25) is 13.9 Å². The van der Waals surface area contributed by atoms with Gasteiger partial charge in [-0.05, 0) is 12.1 Å². The first-order valence-corrected chi connectivity index (χ1v) is 7.97. The van der Waals surface area contributed by atoms with Crippen molar-refractivity contribution >= 4 is 22.8 Å². The molecule has 0 unspecified atom stereocenters. The summed E-state index contributed by atoms with van der Waals surface area (Å²) in [7, 11) is 3.35. The van der Waals surface area contributed by atoms with Crippen molar-refractivity contribution in [2.75, 3.05) is 5.32 Å². The fraction of sp³-hybridized carbons (Fsp3) is 0.278. The molecule has 0 aliphatic rings. The van der Waals surface area contributed by atoms with Crippen LogP contribution in [0.15, 0.2) is 41.3 Å². The zero-order valence-corrected chi connectivity index (χ0v) is 14.6. The van der Waals surface area contributed by atoms with Crippen molar-refractivity contribution in [1.82, 2.24) is 14.1 Å². The third kappa shape index (κ3) is 3.13. The Morgan fingerprint density at radius 1 is 1.20 bits per heavy atom. The van der Waals surface area contributed by atoms with E-state index in [0.717, 1.165) is 0 Å². The molecule has 3 rings (SSSR count). The summed E-state index contributed by atoms with van der Waals surface area (Å²) in [5.41, 5.74) is 1.65. The van der Waals surface area contributed by atoms with Gasteiger partial charge in [0, 0.05) is 44.0 Å². The Bertz CT molecular complexity index is 1000. The molecule has 0 saturated heterocycles. The van der Waals surface area contributed by atoms with Crippen molar-refractivity contribution in [1.29, 1.82) is 0 Å². The summed E-state index contributed by atoms with van der Waals surface area (Å²) >= 11 is 0. The van der Waals surface area contributed by atoms with Crippen LogP contribution >= 0.6 is 0 Å². The highest BCUT2D eigenvalue weighted by atomic mass is 16.5. The summed E-state index contributed by atoms with van der Waals surface area (Å²) in [5.74, 6) is 0.917. The molecule has 7 heteroatoms. The van der Waals surface area contributed by atoms with Crippen LogP contribution in [0.25, 0.3) is 11.2 Å². The Kier molecular flexibility index (Phi) is 4.31. The first-order valence-electron chi connectivity index (χ1n) is 7.97. The number of fused-ring (bicyclic) bond motifs is 1. The SMILES string of the molecule is CC(C)C(=O)Nc1cccc(Oc2ccnc3c2n(C)c(=O)n3C)c1. The predicted octanol–water partition coefficient (Wildman–Crippen LogP) is 2.66. The highest BCUT2D eigenvalue weighted by molar-refractivity contribution is 5.92. The number of aryl methyl sites for hydroxylation is 2. The lowest BCUT2D eigenvalue weighted by molar-refractivity contribution is -0.118. The first-order chi connectivity index (χ1) is 11.9. The van der Waals surface area contributed by atoms with E-state index >= 15 is 0 Å². The van der Waals surface area contributed by atoms with Gasteiger partial charge in [0.05, 0.1) is 0 Å². The Hall–Kier alpha value is -3.09. The Balaban J connectivity index is 1.96. The Labute approximate surface area is 144 Å². The number of aromatic nitrogens is 3. The van der Waals surface area contributed by atoms with Crippen molar-refractivity contribution in [2.45, 2.75) is 13.8 Å². The maximum absolute atomic E-state index is 12.1. The van der Waals surface area contributed by atoms with Crippen LogP contribution < -0.4 is 15.7 Å². The number of imidazole rings is 1. The minimum Gasteiger partial charge on any atom is -0.455 e. The maximum Gasteiger partial charge on any atom is 0.329 e. The van der Waals surface area contributed by atoms with E-state index in [1.54, 1.807) is 50.6 Å². The molecule has 0 fully saturated rings. The quantitative estimate of drug-likeness (QED) is 0.792. The molecule has 0 spiro atoms. The van der Waals surface area contributed by atoms with Gasteiger partial charge >= 0.3 is 5.69 Å². The fourth-order valence-electron chi connectivity index (χ4n) is 2.53. The molecule has 2 heterocycles. The highest BCUT2D eigenvalue weighted by Gasteiger charge is 2.15. The summed E-state index contributed by atoms with van der Waals surface area (Å²) in [4.78, 5) is 28.2. The number of carbonyl (C=O) groups is 1. The van der Waals surface area contributed by atoms with Gasteiger partial charge in [0.25, 0.3) is 0 Å². The van der Waals surface area contributed by atoms with Crippen LogP contribution in [0.4, 0.5) is 5.69 Å². The average molecular weight is 340 g/mol. The lowest BCUT2D eigenvalue weighted by Crippen LogP contribution is -2.19. The number of anilines is 1. The van der Waals surface area contributed by atoms with E-state index in [1.807, 2.05) is 13.8 Å². The summed E-state index contributed by atoms with van der Waals surface area (Å²) in [6.07, 6.45) is 1.60. The second-order valence-electron chi connectivity index (χ2n) is 6.16. The first kappa shape index (κ1) is 16.8. The van der Waals surface area contributed by atoms with Crippen LogP contribution in [0.1, 0.15) is 13.8 Å². The van der Waals surface area contributed by atoms with Crippen LogP contribution in [-0.2, 0) is 18.9 Å². The van der Waals surface area contributed by atoms with Crippen molar-refractivity contribution in [3.05, 3.63) is 47.0 Å². The lowest BCUT2D eigenvalue weighted by Gasteiger charge is -2.11. The van der Waals surface area contributed by atoms with Crippen LogP contribution in [0.5, 0.6) is 11.5 Å². The highest BCUT2D eigenvalue weighted by Crippen LogP contribution is 2.29. The summed E-state index contributed by atoms with van der Waals surface area (Å²) in [6, 6.07) is 8.84. The lowest BCUT2D eigenvalue weighted by atomic mass is 10.2. The van der Waals surface area contributed by atoms with Crippen molar-refractivity contribution in [3.8, 4) is 11.5 Å². The summed E-state index contributed by atoms with van der Waals surface area (Å²) in [5, 5.41) is 2.84. The molecule has 0 bridgehead atoms. The van der Waals surface area contributed by atoms with Crippen molar-refractivity contribution in [3.63, 3.8) is 0 Å². The smallest absolute Gasteiger partial charge is 0.329 e. The molecular formula is C18H20N4O3. The van der Waals surface area contributed by atoms with Gasteiger partial charge < -0.3 is 10.1 Å². The standard InChI is InChI=1S/C18H20N4O3/c1-11(2)17(23)20-12-6-5-7-13(10-12)25-14-8-9-19-16-15(14)21(3)18(24)22(16)4/h5-11H,1-4H3,(H,20,23). The number of hydrogen-bond acceptors (Lipinski definition) is 4. The van der Waals surface area contributed by atoms with E-state index in [0.29, 0.717) is 28.4 Å². The van der Waals surface area contributed by atoms with E-state index in [4.69, 9.17) is 4.74 Å². The third-order valence-electron chi connectivity index (χ3n) is 3.95. The zero-order valence-electron chi connectivity index (χ0n) is 14.6. The van der Waals surface area contributed by atoms with Gasteiger partial charge in [-0.25, -0.2) is 9.78 Å². The van der Waals surface area contributed by atoms with Crippen LogP contribution in [0, 0.1) is 5.92 Å². The molecule has 3 aromatic rings. The molecule has 0 atom stereocenters. The third-order valence-corrected chi connectivity index (χ3v) is 3.95. The van der Waals surface area contributed by atoms with Gasteiger partial charge in [-0.15, -0.1) is 0 Å². The van der Waals surface area contributed by atoms with Crippen LogP contribution in [0.3, 0.4) is 0 Å². The number of ether oxygens (including phenoxy) is 1. The largest absolute Gasteiger partial charge is 0.455 e. The minimum absolute atomic E-state index is 0.0612. The average Bonchev–Trinajstić information content (AvgIpc) is 2.80. The Morgan fingerprint density at radius 2 is 1.96 bits per heavy atom. The molecule has 130 valence electrons. The predicted molar refractivity (Wildman–Crippen MR) is 95.9 cm³/mol. The van der Waals surface area contributed by atoms with Crippen molar-refractivity contribution in [2.24, 2.45) is 20.0 Å². The van der Waals surface area contributed by atoms with Crippen molar-refractivity contribution < 1.29 is 9.53 Å². The molecule has 0 aliphatic carbocycles. The van der Waals surface area contributed by atoms with Gasteiger partial charge in [0.2, 0.25) is 5.91 Å². The molecule has 1 amide bonds. The number of carbonyl (C=O) groups excluding carboxylic acids is 1. The molecule has 7 nitrogen and oxygen atoms in total. The minimum atomic E-state index is -0.170. The van der Waals surface area contributed by atoms with E-state index in [-0.39, 0.29) is 17.5 Å². The van der Waals surface area contributed by atoms with Crippen LogP contribution in [0.2, 0.25) is 0 Å². The molecular weight excluding hydrogens is 320 g/mol. The monoisotopic (exact) mass is 340 g/mol. The molecule has 1 N–H and O–H groups in total. The number of hydrogen-bond donors (Lipinski definition) is 1. The molecule has 25 heavy (non-hydrogen) atoms. The summed E-state index contributed by atoms with van der Waals surface area (Å²) < 4.78 is 8.93. The topological polar surface area (TPSA) is 78.2 Å². The fourth-order valence-corrected chi connectivity index (χ4v) is 2.53. The molecule has 0 aliphatic heterocycles. The molecule has 2 aromatic heterocycles. The normalized spacial score (nSPS) is 11.1. The van der Waals surface area contributed by atoms with E-state index < -0.39 is 0 Å². The number of amides is 1. The number of nitrogens with one attached hydrogen (secondary N) is 1. The summed E-state index contributed by atoms with van der Waals surface area (Å²) in [6.45, 7) is 3.67. The zero-order chi connectivity index (χ0) is 18.1.